The lowest BCUT2D eigenvalue weighted by molar-refractivity contribution is 0.126. The summed E-state index contributed by atoms with van der Waals surface area (Å²) < 4.78 is 10.2. The standard InChI is InChI=1S/C13H17N3O4/c1-2-19-7-12-15-13(20-16-12)9(14)5-8-3-4-10(17)11(18)6-8/h3-4,6,9,17-18H,2,5,7,14H2,1H3. The molecule has 1 unspecified atom stereocenters. The van der Waals surface area contributed by atoms with Crippen LogP contribution in [-0.2, 0) is 17.8 Å². The second kappa shape index (κ2) is 6.36. The van der Waals surface area contributed by atoms with Crippen molar-refractivity contribution >= 4 is 0 Å². The molecule has 7 heteroatoms. The molecule has 2 aromatic rings. The van der Waals surface area contributed by atoms with Gasteiger partial charge in [-0.2, -0.15) is 4.98 Å². The molecule has 0 aliphatic heterocycles. The van der Waals surface area contributed by atoms with Gasteiger partial charge in [0.25, 0.3) is 0 Å². The highest BCUT2D eigenvalue weighted by atomic mass is 16.5. The Bertz CT molecular complexity index is 570. The summed E-state index contributed by atoms with van der Waals surface area (Å²) >= 11 is 0. The maximum absolute atomic E-state index is 9.43. The monoisotopic (exact) mass is 279 g/mol. The molecule has 0 saturated heterocycles. The Kier molecular flexibility index (Phi) is 4.54. The fourth-order valence-electron chi connectivity index (χ4n) is 1.71. The van der Waals surface area contributed by atoms with Crippen molar-refractivity contribution in [2.45, 2.75) is 26.0 Å². The van der Waals surface area contributed by atoms with E-state index in [1.54, 1.807) is 6.07 Å². The first-order valence-corrected chi connectivity index (χ1v) is 6.26. The number of hydrogen-bond acceptors (Lipinski definition) is 7. The van der Waals surface area contributed by atoms with Crippen molar-refractivity contribution in [3.05, 3.63) is 35.5 Å². The number of ether oxygens (including phenoxy) is 1. The molecule has 0 amide bonds. The van der Waals surface area contributed by atoms with Gasteiger partial charge in [0.15, 0.2) is 17.3 Å². The van der Waals surface area contributed by atoms with E-state index in [9.17, 15) is 10.2 Å². The number of aromatic nitrogens is 2. The molecule has 0 saturated carbocycles. The Morgan fingerprint density at radius 1 is 1.35 bits per heavy atom. The maximum Gasteiger partial charge on any atom is 0.243 e. The smallest absolute Gasteiger partial charge is 0.243 e. The summed E-state index contributed by atoms with van der Waals surface area (Å²) in [5.41, 5.74) is 6.74. The number of nitrogens with zero attached hydrogens (tertiary/aromatic N) is 2. The van der Waals surface area contributed by atoms with Gasteiger partial charge in [0, 0.05) is 6.61 Å². The largest absolute Gasteiger partial charge is 0.504 e. The first-order chi connectivity index (χ1) is 9.60. The van der Waals surface area contributed by atoms with Crippen LogP contribution in [0.4, 0.5) is 0 Å². The Morgan fingerprint density at radius 2 is 2.15 bits per heavy atom. The van der Waals surface area contributed by atoms with Crippen LogP contribution >= 0.6 is 0 Å². The van der Waals surface area contributed by atoms with Crippen LogP contribution in [0.15, 0.2) is 22.7 Å². The normalized spacial score (nSPS) is 12.5. The van der Waals surface area contributed by atoms with Gasteiger partial charge in [-0.1, -0.05) is 11.2 Å². The summed E-state index contributed by atoms with van der Waals surface area (Å²) in [6.07, 6.45) is 0.407. The zero-order valence-corrected chi connectivity index (χ0v) is 11.1. The van der Waals surface area contributed by atoms with Gasteiger partial charge >= 0.3 is 0 Å². The Labute approximate surface area is 116 Å². The van der Waals surface area contributed by atoms with E-state index in [0.717, 1.165) is 5.56 Å². The molecule has 1 aromatic heterocycles. The van der Waals surface area contributed by atoms with E-state index in [2.05, 4.69) is 10.1 Å². The number of benzene rings is 1. The number of hydrogen-bond donors (Lipinski definition) is 3. The first kappa shape index (κ1) is 14.3. The van der Waals surface area contributed by atoms with E-state index in [0.29, 0.717) is 24.7 Å². The molecule has 4 N–H and O–H groups in total. The molecule has 108 valence electrons. The average Bonchev–Trinajstić information content (AvgIpc) is 2.89. The summed E-state index contributed by atoms with van der Waals surface area (Å²) in [7, 11) is 0. The lowest BCUT2D eigenvalue weighted by Gasteiger charge is -2.07. The summed E-state index contributed by atoms with van der Waals surface area (Å²) in [6.45, 7) is 2.74. The fourth-order valence-corrected chi connectivity index (χ4v) is 1.71. The molecule has 0 bridgehead atoms. The maximum atomic E-state index is 9.43. The molecule has 1 atom stereocenters. The van der Waals surface area contributed by atoms with Crippen molar-refractivity contribution in [3.8, 4) is 11.5 Å². The van der Waals surface area contributed by atoms with Gasteiger partial charge in [-0.05, 0) is 31.0 Å². The highest BCUT2D eigenvalue weighted by Crippen LogP contribution is 2.26. The molecule has 1 heterocycles. The van der Waals surface area contributed by atoms with Crippen molar-refractivity contribution < 1.29 is 19.5 Å². The Morgan fingerprint density at radius 3 is 2.85 bits per heavy atom. The number of phenolic OH excluding ortho intramolecular Hbond substituents is 2. The van der Waals surface area contributed by atoms with Crippen molar-refractivity contribution in [1.82, 2.24) is 10.1 Å². The highest BCUT2D eigenvalue weighted by Gasteiger charge is 2.16. The van der Waals surface area contributed by atoms with Crippen LogP contribution in [0.1, 0.15) is 30.2 Å². The minimum absolute atomic E-state index is 0.167. The molecule has 20 heavy (non-hydrogen) atoms. The minimum atomic E-state index is -0.484. The summed E-state index contributed by atoms with van der Waals surface area (Å²) in [4.78, 5) is 4.14. The van der Waals surface area contributed by atoms with Crippen molar-refractivity contribution in [2.75, 3.05) is 6.61 Å². The molecule has 0 aliphatic rings. The van der Waals surface area contributed by atoms with Crippen LogP contribution in [0.2, 0.25) is 0 Å². The van der Waals surface area contributed by atoms with Crippen molar-refractivity contribution in [1.29, 1.82) is 0 Å². The molecular weight excluding hydrogens is 262 g/mol. The van der Waals surface area contributed by atoms with Crippen LogP contribution in [0.3, 0.4) is 0 Å². The number of aromatic hydroxyl groups is 2. The topological polar surface area (TPSA) is 115 Å². The molecule has 0 fully saturated rings. The minimum Gasteiger partial charge on any atom is -0.504 e. The van der Waals surface area contributed by atoms with Gasteiger partial charge in [-0.15, -0.1) is 0 Å². The Hall–Kier alpha value is -2.12. The highest BCUT2D eigenvalue weighted by molar-refractivity contribution is 5.40. The zero-order chi connectivity index (χ0) is 14.5. The summed E-state index contributed by atoms with van der Waals surface area (Å²) in [5.74, 6) is 0.412. The van der Waals surface area contributed by atoms with Crippen LogP contribution in [0.5, 0.6) is 11.5 Å². The fraction of sp³-hybridized carbons (Fsp3) is 0.385. The van der Waals surface area contributed by atoms with Gasteiger partial charge in [0.2, 0.25) is 5.89 Å². The first-order valence-electron chi connectivity index (χ1n) is 6.26. The zero-order valence-electron chi connectivity index (χ0n) is 11.1. The molecule has 0 spiro atoms. The van der Waals surface area contributed by atoms with Crippen LogP contribution in [0.25, 0.3) is 0 Å². The van der Waals surface area contributed by atoms with Crippen LogP contribution < -0.4 is 5.73 Å². The molecule has 0 radical (unpaired) electrons. The van der Waals surface area contributed by atoms with E-state index in [1.165, 1.54) is 12.1 Å². The lowest BCUT2D eigenvalue weighted by Crippen LogP contribution is -2.14. The number of phenols is 2. The van der Waals surface area contributed by atoms with Gasteiger partial charge in [-0.3, -0.25) is 0 Å². The van der Waals surface area contributed by atoms with E-state index in [1.807, 2.05) is 6.92 Å². The predicted octanol–water partition coefficient (Wildman–Crippen LogP) is 1.26. The third kappa shape index (κ3) is 3.46. The van der Waals surface area contributed by atoms with Gasteiger partial charge in [0.05, 0.1) is 6.04 Å². The SMILES string of the molecule is CCOCc1noc(C(N)Cc2ccc(O)c(O)c2)n1. The molecule has 0 aliphatic carbocycles. The van der Waals surface area contributed by atoms with Gasteiger partial charge in [-0.25, -0.2) is 0 Å². The third-order valence-corrected chi connectivity index (χ3v) is 2.73. The molecule has 1 aromatic carbocycles. The summed E-state index contributed by atoms with van der Waals surface area (Å²) in [5, 5.41) is 22.4. The lowest BCUT2D eigenvalue weighted by atomic mass is 10.1. The quantitative estimate of drug-likeness (QED) is 0.682. The van der Waals surface area contributed by atoms with Crippen LogP contribution in [0, 0.1) is 0 Å². The van der Waals surface area contributed by atoms with E-state index in [4.69, 9.17) is 15.0 Å². The van der Waals surface area contributed by atoms with Crippen LogP contribution in [-0.4, -0.2) is 27.0 Å². The van der Waals surface area contributed by atoms with Crippen molar-refractivity contribution in [3.63, 3.8) is 0 Å². The van der Waals surface area contributed by atoms with E-state index < -0.39 is 6.04 Å². The van der Waals surface area contributed by atoms with Gasteiger partial charge in [0.1, 0.15) is 6.61 Å². The van der Waals surface area contributed by atoms with E-state index >= 15 is 0 Å². The summed E-state index contributed by atoms with van der Waals surface area (Å²) in [6, 6.07) is 4.05. The second-order valence-corrected chi connectivity index (χ2v) is 4.32. The number of rotatable bonds is 6. The molecule has 2 rings (SSSR count). The van der Waals surface area contributed by atoms with E-state index in [-0.39, 0.29) is 18.1 Å². The molecule has 7 nitrogen and oxygen atoms in total. The third-order valence-electron chi connectivity index (χ3n) is 2.73. The van der Waals surface area contributed by atoms with Crippen molar-refractivity contribution in [2.24, 2.45) is 5.73 Å². The molecular formula is C13H17N3O4. The number of nitrogens with two attached hydrogens (primary N) is 1. The second-order valence-electron chi connectivity index (χ2n) is 4.32. The average molecular weight is 279 g/mol. The predicted molar refractivity (Wildman–Crippen MR) is 70.0 cm³/mol. The Balaban J connectivity index is 2.01. The van der Waals surface area contributed by atoms with Gasteiger partial charge < -0.3 is 25.2 Å².